The molecular weight excluding hydrogens is 284 g/mol. The van der Waals surface area contributed by atoms with E-state index in [1.165, 1.54) is 11.3 Å². The van der Waals surface area contributed by atoms with E-state index in [1.807, 2.05) is 43.5 Å². The zero-order valence-corrected chi connectivity index (χ0v) is 12.9. The number of aryl methyl sites for hydroxylation is 2. The molecule has 0 fully saturated rings. The Morgan fingerprint density at radius 1 is 1.10 bits per heavy atom. The van der Waals surface area contributed by atoms with E-state index in [9.17, 15) is 9.59 Å². The molecule has 0 saturated carbocycles. The lowest BCUT2D eigenvalue weighted by Gasteiger charge is -2.11. The highest BCUT2D eigenvalue weighted by Crippen LogP contribution is 2.19. The highest BCUT2D eigenvalue weighted by atomic mass is 32.1. The van der Waals surface area contributed by atoms with Gasteiger partial charge < -0.3 is 10.6 Å². The minimum Gasteiger partial charge on any atom is -0.351 e. The average molecular weight is 302 g/mol. The van der Waals surface area contributed by atoms with Crippen LogP contribution < -0.4 is 10.6 Å². The van der Waals surface area contributed by atoms with E-state index in [4.69, 9.17) is 0 Å². The number of hydrogen-bond donors (Lipinski definition) is 2. The van der Waals surface area contributed by atoms with Gasteiger partial charge in [0.2, 0.25) is 5.91 Å². The normalized spacial score (nSPS) is 10.2. The van der Waals surface area contributed by atoms with Crippen molar-refractivity contribution in [2.24, 2.45) is 0 Å². The number of hydrogen-bond acceptors (Lipinski definition) is 3. The molecule has 2 amide bonds. The second-order valence-electron chi connectivity index (χ2n) is 4.80. The number of nitrogens with one attached hydrogen (secondary N) is 2. The van der Waals surface area contributed by atoms with Gasteiger partial charge in [0.15, 0.2) is 0 Å². The van der Waals surface area contributed by atoms with Crippen LogP contribution in [0.2, 0.25) is 0 Å². The van der Waals surface area contributed by atoms with Crippen molar-refractivity contribution in [1.82, 2.24) is 5.32 Å². The first-order chi connectivity index (χ1) is 10.1. The third kappa shape index (κ3) is 4.16. The van der Waals surface area contributed by atoms with E-state index in [0.717, 1.165) is 16.8 Å². The van der Waals surface area contributed by atoms with Crippen molar-refractivity contribution < 1.29 is 9.59 Å². The summed E-state index contributed by atoms with van der Waals surface area (Å²) >= 11 is 1.38. The summed E-state index contributed by atoms with van der Waals surface area (Å²) in [5.41, 5.74) is 2.92. The van der Waals surface area contributed by atoms with Crippen LogP contribution in [0, 0.1) is 13.8 Å². The van der Waals surface area contributed by atoms with Crippen LogP contribution in [0.5, 0.6) is 0 Å². The van der Waals surface area contributed by atoms with E-state index in [1.54, 1.807) is 6.07 Å². The molecular formula is C16H18N2O2S. The third-order valence-corrected chi connectivity index (χ3v) is 4.00. The Kier molecular flexibility index (Phi) is 5.11. The van der Waals surface area contributed by atoms with Crippen LogP contribution in [-0.4, -0.2) is 18.4 Å². The Balaban J connectivity index is 1.82. The molecule has 0 spiro atoms. The highest BCUT2D eigenvalue weighted by molar-refractivity contribution is 7.12. The molecule has 0 aliphatic rings. The summed E-state index contributed by atoms with van der Waals surface area (Å²) in [7, 11) is 0. The third-order valence-electron chi connectivity index (χ3n) is 3.13. The molecule has 1 aromatic carbocycles. The molecule has 2 N–H and O–H groups in total. The molecule has 1 heterocycles. The molecule has 2 rings (SSSR count). The van der Waals surface area contributed by atoms with Gasteiger partial charge in [-0.2, -0.15) is 0 Å². The van der Waals surface area contributed by atoms with E-state index >= 15 is 0 Å². The van der Waals surface area contributed by atoms with Gasteiger partial charge in [0.1, 0.15) is 0 Å². The van der Waals surface area contributed by atoms with E-state index in [2.05, 4.69) is 10.6 Å². The number of carbonyl (C=O) groups excluding carboxylic acids is 2. The van der Waals surface area contributed by atoms with Gasteiger partial charge in [-0.1, -0.05) is 24.3 Å². The number of benzene rings is 1. The van der Waals surface area contributed by atoms with Crippen molar-refractivity contribution in [1.29, 1.82) is 0 Å². The Hall–Kier alpha value is -2.14. The van der Waals surface area contributed by atoms with Gasteiger partial charge in [0, 0.05) is 18.7 Å². The summed E-state index contributed by atoms with van der Waals surface area (Å²) in [6, 6.07) is 9.47. The second-order valence-corrected chi connectivity index (χ2v) is 5.75. The molecule has 0 aliphatic carbocycles. The van der Waals surface area contributed by atoms with Crippen LogP contribution >= 0.6 is 11.3 Å². The standard InChI is InChI=1S/C16H18N2O2S/c1-11-5-3-6-12(2)15(11)18-14(19)8-9-17-16(20)13-7-4-10-21-13/h3-7,10H,8-9H2,1-2H3,(H,17,20)(H,18,19). The van der Waals surface area contributed by atoms with Gasteiger partial charge in [0.25, 0.3) is 5.91 Å². The second kappa shape index (κ2) is 7.04. The number of rotatable bonds is 5. The van der Waals surface area contributed by atoms with Gasteiger partial charge in [-0.25, -0.2) is 0 Å². The number of thiophene rings is 1. The lowest BCUT2D eigenvalue weighted by atomic mass is 10.1. The first kappa shape index (κ1) is 15.3. The van der Waals surface area contributed by atoms with Crippen LogP contribution in [0.4, 0.5) is 5.69 Å². The first-order valence-electron chi connectivity index (χ1n) is 6.75. The van der Waals surface area contributed by atoms with Crippen LogP contribution in [0.15, 0.2) is 35.7 Å². The van der Waals surface area contributed by atoms with Crippen LogP contribution in [0.3, 0.4) is 0 Å². The molecule has 0 saturated heterocycles. The minimum atomic E-state index is -0.134. The molecule has 110 valence electrons. The predicted molar refractivity (Wildman–Crippen MR) is 85.8 cm³/mol. The minimum absolute atomic E-state index is 0.0983. The number of amides is 2. The molecule has 5 heteroatoms. The van der Waals surface area contributed by atoms with Gasteiger partial charge >= 0.3 is 0 Å². The zero-order valence-electron chi connectivity index (χ0n) is 12.1. The van der Waals surface area contributed by atoms with Crippen molar-refractivity contribution in [2.45, 2.75) is 20.3 Å². The molecule has 21 heavy (non-hydrogen) atoms. The van der Waals surface area contributed by atoms with Crippen molar-refractivity contribution in [3.63, 3.8) is 0 Å². The first-order valence-corrected chi connectivity index (χ1v) is 7.63. The molecule has 0 unspecified atom stereocenters. The topological polar surface area (TPSA) is 58.2 Å². The zero-order chi connectivity index (χ0) is 15.2. The van der Waals surface area contributed by atoms with E-state index < -0.39 is 0 Å². The number of para-hydroxylation sites is 1. The van der Waals surface area contributed by atoms with Gasteiger partial charge in [-0.15, -0.1) is 11.3 Å². The van der Waals surface area contributed by atoms with Crippen molar-refractivity contribution in [3.8, 4) is 0 Å². The molecule has 0 atom stereocenters. The molecule has 0 aliphatic heterocycles. The van der Waals surface area contributed by atoms with Crippen LogP contribution in [0.1, 0.15) is 27.2 Å². The molecule has 2 aromatic rings. The molecule has 4 nitrogen and oxygen atoms in total. The predicted octanol–water partition coefficient (Wildman–Crippen LogP) is 3.12. The van der Waals surface area contributed by atoms with E-state index in [0.29, 0.717) is 11.4 Å². The monoisotopic (exact) mass is 302 g/mol. The fraction of sp³-hybridized carbons (Fsp3) is 0.250. The van der Waals surface area contributed by atoms with Gasteiger partial charge in [0.05, 0.1) is 4.88 Å². The summed E-state index contributed by atoms with van der Waals surface area (Å²) in [4.78, 5) is 24.3. The molecule has 1 aromatic heterocycles. The van der Waals surface area contributed by atoms with Crippen molar-refractivity contribution in [2.75, 3.05) is 11.9 Å². The molecule has 0 radical (unpaired) electrons. The smallest absolute Gasteiger partial charge is 0.261 e. The Morgan fingerprint density at radius 3 is 2.43 bits per heavy atom. The Bertz CT molecular complexity index is 615. The van der Waals surface area contributed by atoms with Crippen LogP contribution in [-0.2, 0) is 4.79 Å². The lowest BCUT2D eigenvalue weighted by molar-refractivity contribution is -0.116. The van der Waals surface area contributed by atoms with Gasteiger partial charge in [-0.3, -0.25) is 9.59 Å². The summed E-state index contributed by atoms with van der Waals surface area (Å²) in [6.45, 7) is 4.25. The fourth-order valence-corrected chi connectivity index (χ4v) is 2.64. The Labute approximate surface area is 128 Å². The maximum absolute atomic E-state index is 11.9. The van der Waals surface area contributed by atoms with E-state index in [-0.39, 0.29) is 18.2 Å². The fourth-order valence-electron chi connectivity index (χ4n) is 2.00. The number of anilines is 1. The SMILES string of the molecule is Cc1cccc(C)c1NC(=O)CCNC(=O)c1cccs1. The van der Waals surface area contributed by atoms with Crippen LogP contribution in [0.25, 0.3) is 0 Å². The van der Waals surface area contributed by atoms with Crippen molar-refractivity contribution in [3.05, 3.63) is 51.7 Å². The summed E-state index contributed by atoms with van der Waals surface area (Å²) in [5, 5.41) is 7.49. The van der Waals surface area contributed by atoms with Gasteiger partial charge in [-0.05, 0) is 36.4 Å². The lowest BCUT2D eigenvalue weighted by Crippen LogP contribution is -2.27. The summed E-state index contributed by atoms with van der Waals surface area (Å²) in [5.74, 6) is -0.233. The maximum atomic E-state index is 11.9. The van der Waals surface area contributed by atoms with Crippen molar-refractivity contribution >= 4 is 28.8 Å². The average Bonchev–Trinajstić information content (AvgIpc) is 2.97. The maximum Gasteiger partial charge on any atom is 0.261 e. The quantitative estimate of drug-likeness (QED) is 0.891. The Morgan fingerprint density at radius 2 is 1.81 bits per heavy atom. The summed E-state index contributed by atoms with van der Waals surface area (Å²) < 4.78 is 0. The number of carbonyl (C=O) groups is 2. The summed E-state index contributed by atoms with van der Waals surface area (Å²) in [6.07, 6.45) is 0.255. The highest BCUT2D eigenvalue weighted by Gasteiger charge is 2.09. The largest absolute Gasteiger partial charge is 0.351 e. The molecule has 0 bridgehead atoms.